The van der Waals surface area contributed by atoms with Crippen molar-refractivity contribution in [2.24, 2.45) is 20.5 Å². The molecule has 0 unspecified atom stereocenters. The molecule has 8 aromatic rings. The minimum atomic E-state index is -5.17. The van der Waals surface area contributed by atoms with Gasteiger partial charge in [-0.05, 0) is 138 Å². The molecule has 32 heteroatoms. The summed E-state index contributed by atoms with van der Waals surface area (Å²) in [7, 11) is -8.29. The number of amides is 2. The largest absolute Gasteiger partial charge is 0.425 e. The van der Waals surface area contributed by atoms with Crippen molar-refractivity contribution < 1.29 is 44.8 Å². The first-order valence-electron chi connectivity index (χ1n) is 27.9. The van der Waals surface area contributed by atoms with Gasteiger partial charge in [0.25, 0.3) is 21.9 Å². The Labute approximate surface area is 571 Å². The quantitative estimate of drug-likeness (QED) is 0.00639. The molecule has 0 atom stereocenters. The van der Waals surface area contributed by atoms with E-state index >= 15 is 0 Å². The maximum atomic E-state index is 13.5. The minimum absolute atomic E-state index is 0.0447. The molecule has 0 spiro atoms. The van der Waals surface area contributed by atoms with Crippen molar-refractivity contribution in [1.29, 1.82) is 5.26 Å². The highest BCUT2D eigenvalue weighted by Gasteiger charge is 2.29. The van der Waals surface area contributed by atoms with Crippen molar-refractivity contribution in [1.82, 2.24) is 15.0 Å². The van der Waals surface area contributed by atoms with Crippen LogP contribution in [0, 0.1) is 17.9 Å². The molecule has 5 N–H and O–H groups in total. The number of hydrogen-bond acceptors (Lipinski definition) is 24. The summed E-state index contributed by atoms with van der Waals surface area (Å²) in [5.41, 5.74) is 3.58. The van der Waals surface area contributed by atoms with Gasteiger partial charge in [0.05, 0.1) is 34.0 Å². The van der Waals surface area contributed by atoms with Crippen LogP contribution in [-0.2, 0) is 45.7 Å². The molecule has 2 amide bonds. The highest BCUT2D eigenvalue weighted by molar-refractivity contribution is 9.10. The molecule has 5 aromatic carbocycles. The van der Waals surface area contributed by atoms with Crippen LogP contribution in [-0.4, -0.2) is 90.1 Å². The van der Waals surface area contributed by atoms with Gasteiger partial charge in [-0.15, -0.1) is 50.6 Å². The van der Waals surface area contributed by atoms with Crippen LogP contribution in [0.25, 0.3) is 17.0 Å². The highest BCUT2D eigenvalue weighted by atomic mass is 79.9. The van der Waals surface area contributed by atoms with E-state index in [4.69, 9.17) is 34.2 Å². The average Bonchev–Trinajstić information content (AvgIpc) is 1.62. The fourth-order valence-corrected chi connectivity index (χ4v) is 13.3. The summed E-state index contributed by atoms with van der Waals surface area (Å²) in [5, 5.41) is 40.8. The molecule has 0 bridgehead atoms. The number of nitriles is 1. The first-order chi connectivity index (χ1) is 44.9. The summed E-state index contributed by atoms with van der Waals surface area (Å²) < 4.78 is 63.3. The molecule has 0 radical (unpaired) electrons. The van der Waals surface area contributed by atoms with Gasteiger partial charge in [-0.3, -0.25) is 23.7 Å². The molecule has 25 nitrogen and oxygen atoms in total. The van der Waals surface area contributed by atoms with Crippen LogP contribution in [0.15, 0.2) is 172 Å². The Morgan fingerprint density at radius 2 is 1.17 bits per heavy atom. The molecule has 3 aromatic heterocycles. The molecule has 0 fully saturated rings. The lowest BCUT2D eigenvalue weighted by Gasteiger charge is -2.22. The number of nitrogens with one attached hydrogen (secondary N) is 4. The average molecular weight is 1490 g/mol. The van der Waals surface area contributed by atoms with Gasteiger partial charge in [0.2, 0.25) is 17.6 Å². The molecular weight excluding hydrogens is 1430 g/mol. The van der Waals surface area contributed by atoms with Crippen molar-refractivity contribution >= 4 is 196 Å². The molecule has 8 rings (SSSR count). The lowest BCUT2D eigenvalue weighted by molar-refractivity contribution is -0.120. The molecule has 3 heterocycles. The lowest BCUT2D eigenvalue weighted by Crippen LogP contribution is -2.21. The Hall–Kier alpha value is -9.51. The number of Topliss-reactive ketones (excluding diaryl/α,β-unsaturated/α-hetero) is 2. The van der Waals surface area contributed by atoms with Crippen molar-refractivity contribution in [2.45, 2.75) is 57.3 Å². The predicted molar refractivity (Wildman–Crippen MR) is 373 cm³/mol. The second-order valence-corrected chi connectivity index (χ2v) is 25.9. The van der Waals surface area contributed by atoms with Crippen LogP contribution < -0.4 is 31.1 Å². The number of hydrogen-bond donors (Lipinski definition) is 5. The second-order valence-electron chi connectivity index (χ2n) is 19.3. The highest BCUT2D eigenvalue weighted by Crippen LogP contribution is 2.44. The predicted octanol–water partition coefficient (Wildman–Crippen LogP) is 15.7. The molecule has 0 aliphatic carbocycles. The second kappa shape index (κ2) is 33.9. The third-order valence-corrected chi connectivity index (χ3v) is 18.0. The Morgan fingerprint density at radius 3 is 1.62 bits per heavy atom. The number of azo groups is 2. The van der Waals surface area contributed by atoms with Gasteiger partial charge in [0, 0.05) is 68.5 Å². The Kier molecular flexibility index (Phi) is 25.9. The van der Waals surface area contributed by atoms with Gasteiger partial charge in [0.1, 0.15) is 32.9 Å². The van der Waals surface area contributed by atoms with E-state index in [1.807, 2.05) is 70.2 Å². The molecule has 94 heavy (non-hydrogen) atoms. The van der Waals surface area contributed by atoms with Crippen molar-refractivity contribution in [2.75, 3.05) is 57.2 Å². The summed E-state index contributed by atoms with van der Waals surface area (Å²) in [6.07, 6.45) is 2.40. The standard InChI is InChI=1S/C62H55Br2N15O7S4.O3S/c1-8-78(9-2)43-23-25-49(74-76-58-48(34-65)55(90(84,85)86)54(89-58)33-47(37(6)81)57(83)68-42-22-16-20-40(64)28-42)51(29-43)69-60-71-61(73-62(72-60)87-35-38-17-13-12-14-18-38)70-52-30-44(79(10-3)11-4)24-26-50(52)75-77-59-53(66-7)32-45(88-59)31-46(36(5)80)56(82)67-41-21-15-19-39(63)27-41;1-4(2)3/h12-33H,8-11,35H2,1-6H3,(H,67,82)(H,68,83)(H,84,85,86)(H2,69,70,71,72,73);/b46-31+,47-33-,76-74?,77-75?;. The number of halogens is 2. The van der Waals surface area contributed by atoms with Crippen LogP contribution in [0.4, 0.5) is 73.1 Å². The monoisotopic (exact) mass is 1490 g/mol. The number of thiophene rings is 2. The van der Waals surface area contributed by atoms with Gasteiger partial charge in [0.15, 0.2) is 21.7 Å². The number of aromatic nitrogens is 3. The van der Waals surface area contributed by atoms with Crippen LogP contribution in [0.2, 0.25) is 0 Å². The topological polar surface area (TPSA) is 345 Å². The molecule has 482 valence electrons. The zero-order chi connectivity index (χ0) is 68.2. The van der Waals surface area contributed by atoms with E-state index in [-0.39, 0.29) is 43.7 Å². The molecule has 0 aliphatic rings. The summed E-state index contributed by atoms with van der Waals surface area (Å²) >= 11 is 9.75. The third-order valence-electron chi connectivity index (χ3n) is 13.1. The number of nitrogens with zero attached hydrogens (tertiary/aromatic N) is 11. The maximum absolute atomic E-state index is 13.5. The number of thioether (sulfide) groups is 1. The fraction of sp³-hybridized carbons (Fsp3) is 0.177. The normalized spacial score (nSPS) is 11.5. The number of ketones is 2. The molecular formula is C62H55Br2N15O10S5. The summed E-state index contributed by atoms with van der Waals surface area (Å²) in [6, 6.07) is 37.4. The fourth-order valence-electron chi connectivity index (χ4n) is 8.70. The van der Waals surface area contributed by atoms with E-state index in [1.54, 1.807) is 78.9 Å². The number of rotatable bonds is 26. The van der Waals surface area contributed by atoms with E-state index in [0.717, 1.165) is 45.7 Å². The van der Waals surface area contributed by atoms with Gasteiger partial charge in [-0.25, -0.2) is 4.85 Å². The first-order valence-corrected chi connectivity index (χ1v) is 34.6. The van der Waals surface area contributed by atoms with E-state index in [2.05, 4.69) is 88.2 Å². The van der Waals surface area contributed by atoms with Crippen molar-refractivity contribution in [3.8, 4) is 6.07 Å². The van der Waals surface area contributed by atoms with Crippen molar-refractivity contribution in [3.63, 3.8) is 0 Å². The molecule has 0 saturated carbocycles. The van der Waals surface area contributed by atoms with Gasteiger partial charge < -0.3 is 31.1 Å². The van der Waals surface area contributed by atoms with Crippen LogP contribution in [0.1, 0.15) is 62.4 Å². The molecule has 0 saturated heterocycles. The Morgan fingerprint density at radius 1 is 0.681 bits per heavy atom. The number of carbonyl (C=O) groups excluding carboxylic acids is 4. The summed E-state index contributed by atoms with van der Waals surface area (Å²) in [4.78, 5) is 74.4. The number of anilines is 8. The van der Waals surface area contributed by atoms with Gasteiger partial charge in [-0.2, -0.15) is 33.7 Å². The zero-order valence-corrected chi connectivity index (χ0v) is 57.8. The van der Waals surface area contributed by atoms with E-state index < -0.39 is 60.1 Å². The summed E-state index contributed by atoms with van der Waals surface area (Å²) in [6.45, 7) is 21.0. The van der Waals surface area contributed by atoms with Gasteiger partial charge in [-0.1, -0.05) is 86.1 Å². The van der Waals surface area contributed by atoms with Crippen LogP contribution >= 0.6 is 66.3 Å². The lowest BCUT2D eigenvalue weighted by atomic mass is 10.1. The Bertz CT molecular complexity index is 4640. The number of benzene rings is 5. The zero-order valence-electron chi connectivity index (χ0n) is 50.6. The maximum Gasteiger partial charge on any atom is 0.425 e. The number of carbonyl (C=O) groups is 4. The van der Waals surface area contributed by atoms with Crippen molar-refractivity contribution in [3.05, 3.63) is 174 Å². The van der Waals surface area contributed by atoms with Crippen LogP contribution in [0.5, 0.6) is 0 Å². The SMILES string of the molecule is O=S(=O)=O.[C-]#[N+]c1cc(/C=C(\C(C)=O)C(=O)Nc2cccc(Br)c2)sc1N=Nc1ccc(N(CC)CC)cc1Nc1nc(Nc2cc(N(CC)CC)ccc2N=Nc2sc(/C=C(/C(C)=O)C(=O)Nc3cccc(Br)c3)c(S(=O)(=O)O)c2C#N)nc(SCc2ccccc2)n1. The first kappa shape index (κ1) is 71.9. The Balaban J connectivity index is 0.00000304. The van der Waals surface area contributed by atoms with Gasteiger partial charge >= 0.3 is 10.6 Å². The summed E-state index contributed by atoms with van der Waals surface area (Å²) in [5.74, 6) is -2.13. The molecule has 0 aliphatic heterocycles. The van der Waals surface area contributed by atoms with Crippen LogP contribution in [0.3, 0.4) is 0 Å². The smallest absolute Gasteiger partial charge is 0.372 e. The van der Waals surface area contributed by atoms with E-state index in [0.29, 0.717) is 86.2 Å². The van der Waals surface area contributed by atoms with E-state index in [1.165, 1.54) is 30.8 Å². The third kappa shape index (κ3) is 20.0. The minimum Gasteiger partial charge on any atom is -0.372 e. The van der Waals surface area contributed by atoms with E-state index in [9.17, 15) is 37.4 Å².